The minimum absolute atomic E-state index is 0.0550. The Labute approximate surface area is 169 Å². The Balaban J connectivity index is 5.18. The van der Waals surface area contributed by atoms with Crippen LogP contribution < -0.4 is 0 Å². The highest BCUT2D eigenvalue weighted by molar-refractivity contribution is 7.99. The molecule has 14 heteroatoms. The molecule has 0 aromatic rings. The van der Waals surface area contributed by atoms with E-state index in [1.165, 1.54) is 11.8 Å². The largest absolute Gasteiger partial charge is 0.396 e. The fourth-order valence-electron chi connectivity index (χ4n) is 1.92. The third-order valence-corrected chi connectivity index (χ3v) is 10.7. The van der Waals surface area contributed by atoms with E-state index >= 15 is 0 Å². The monoisotopic (exact) mass is 488 g/mol. The van der Waals surface area contributed by atoms with E-state index in [2.05, 4.69) is 0 Å². The lowest BCUT2D eigenvalue weighted by Crippen LogP contribution is -2.16. The first-order chi connectivity index (χ1) is 12.5. The molecule has 4 N–H and O–H groups in total. The standard InChI is InChI=1S/C13H31O9P3S2/c1-3-26-11-6-9-23(15,16)22-24(17,10-5-8-14)21-13(25(18,19)20)7-12-27-4-2/h13-14H,3-12H2,1-2H3,(H,15,16)(H2,18,19,20). The lowest BCUT2D eigenvalue weighted by molar-refractivity contribution is 0.190. The number of hydrogen-bond acceptors (Lipinski definition) is 8. The third kappa shape index (κ3) is 13.9. The maximum atomic E-state index is 12.9. The minimum Gasteiger partial charge on any atom is -0.396 e. The van der Waals surface area contributed by atoms with Crippen LogP contribution in [0.2, 0.25) is 0 Å². The summed E-state index contributed by atoms with van der Waals surface area (Å²) in [7, 11) is -13.3. The topological polar surface area (TPSA) is 151 Å². The van der Waals surface area contributed by atoms with Crippen LogP contribution in [-0.4, -0.2) is 67.6 Å². The van der Waals surface area contributed by atoms with Crippen LogP contribution >= 0.6 is 46.3 Å². The summed E-state index contributed by atoms with van der Waals surface area (Å²) in [4.78, 5) is 29.0. The van der Waals surface area contributed by atoms with E-state index in [4.69, 9.17) is 13.9 Å². The van der Waals surface area contributed by atoms with Crippen molar-refractivity contribution in [1.29, 1.82) is 0 Å². The molecule has 0 spiro atoms. The first-order valence-electron chi connectivity index (χ1n) is 8.62. The second kappa shape index (κ2) is 14.2. The number of thioether (sulfide) groups is 2. The molecule has 3 unspecified atom stereocenters. The normalized spacial score (nSPS) is 18.0. The van der Waals surface area contributed by atoms with E-state index in [0.717, 1.165) is 11.5 Å². The van der Waals surface area contributed by atoms with Gasteiger partial charge in [0.15, 0.2) is 5.85 Å². The molecular weight excluding hydrogens is 457 g/mol. The van der Waals surface area contributed by atoms with Gasteiger partial charge in [-0.15, -0.1) is 0 Å². The van der Waals surface area contributed by atoms with E-state index in [1.807, 2.05) is 13.8 Å². The summed E-state index contributed by atoms with van der Waals surface area (Å²) in [6.07, 6.45) is -0.423. The predicted octanol–water partition coefficient (Wildman–Crippen LogP) is 3.57. The van der Waals surface area contributed by atoms with Gasteiger partial charge in [0, 0.05) is 6.61 Å². The molecule has 0 fully saturated rings. The van der Waals surface area contributed by atoms with Gasteiger partial charge in [-0.3, -0.25) is 18.2 Å². The van der Waals surface area contributed by atoms with Crippen molar-refractivity contribution in [2.45, 2.75) is 39.0 Å². The first-order valence-corrected chi connectivity index (χ1v) is 16.1. The molecule has 0 aliphatic heterocycles. The van der Waals surface area contributed by atoms with Crippen LogP contribution in [0.4, 0.5) is 0 Å². The van der Waals surface area contributed by atoms with Crippen molar-refractivity contribution >= 4 is 46.3 Å². The van der Waals surface area contributed by atoms with Crippen LogP contribution in [0.15, 0.2) is 0 Å². The van der Waals surface area contributed by atoms with Gasteiger partial charge in [-0.05, 0) is 42.3 Å². The van der Waals surface area contributed by atoms with Crippen LogP contribution in [0.1, 0.15) is 33.1 Å². The summed E-state index contributed by atoms with van der Waals surface area (Å²) in [5.41, 5.74) is 0. The van der Waals surface area contributed by atoms with Gasteiger partial charge in [-0.2, -0.15) is 23.5 Å². The third-order valence-electron chi connectivity index (χ3n) is 3.15. The zero-order valence-corrected chi connectivity index (χ0v) is 20.0. The van der Waals surface area contributed by atoms with E-state index < -0.39 is 34.8 Å². The average molecular weight is 488 g/mol. The van der Waals surface area contributed by atoms with Crippen molar-refractivity contribution in [2.24, 2.45) is 0 Å². The summed E-state index contributed by atoms with van der Waals surface area (Å²) in [5.74, 6) is 0.877. The van der Waals surface area contributed by atoms with Gasteiger partial charge in [0.2, 0.25) is 0 Å². The van der Waals surface area contributed by atoms with E-state index in [0.29, 0.717) is 17.9 Å². The molecule has 0 amide bonds. The molecule has 3 atom stereocenters. The zero-order chi connectivity index (χ0) is 21.0. The van der Waals surface area contributed by atoms with Gasteiger partial charge in [0.05, 0.1) is 12.3 Å². The fraction of sp³-hybridized carbons (Fsp3) is 1.00. The summed E-state index contributed by atoms with van der Waals surface area (Å²) < 4.78 is 46.9. The highest BCUT2D eigenvalue weighted by Crippen LogP contribution is 2.65. The lowest BCUT2D eigenvalue weighted by Gasteiger charge is -2.26. The van der Waals surface area contributed by atoms with Crippen LogP contribution in [0.25, 0.3) is 0 Å². The van der Waals surface area contributed by atoms with Gasteiger partial charge in [0.25, 0.3) is 0 Å². The lowest BCUT2D eigenvalue weighted by atomic mass is 10.5. The molecule has 0 aliphatic rings. The Kier molecular flexibility index (Phi) is 14.8. The molecule has 0 saturated carbocycles. The highest BCUT2D eigenvalue weighted by Gasteiger charge is 2.41. The Morgan fingerprint density at radius 1 is 0.926 bits per heavy atom. The smallest absolute Gasteiger partial charge is 0.354 e. The number of aliphatic hydroxyl groups excluding tert-OH is 1. The van der Waals surface area contributed by atoms with Crippen molar-refractivity contribution in [3.8, 4) is 0 Å². The fourth-order valence-corrected chi connectivity index (χ4v) is 9.03. The Morgan fingerprint density at radius 3 is 2.04 bits per heavy atom. The molecule has 9 nitrogen and oxygen atoms in total. The number of rotatable bonds is 17. The zero-order valence-electron chi connectivity index (χ0n) is 15.6. The molecule has 0 radical (unpaired) electrons. The molecule has 0 saturated heterocycles. The molecule has 0 bridgehead atoms. The van der Waals surface area contributed by atoms with Gasteiger partial charge < -0.3 is 19.8 Å². The molecule has 0 aromatic heterocycles. The summed E-state index contributed by atoms with van der Waals surface area (Å²) in [6.45, 7) is 3.47. The minimum atomic E-state index is -4.77. The summed E-state index contributed by atoms with van der Waals surface area (Å²) in [5, 5.41) is 8.97. The van der Waals surface area contributed by atoms with Gasteiger partial charge in [-0.25, -0.2) is 4.31 Å². The molecule has 0 aliphatic carbocycles. The maximum Gasteiger partial charge on any atom is 0.354 e. The summed E-state index contributed by atoms with van der Waals surface area (Å²) >= 11 is 3.00. The van der Waals surface area contributed by atoms with Gasteiger partial charge >= 0.3 is 22.8 Å². The van der Waals surface area contributed by atoms with Crippen LogP contribution in [0.3, 0.4) is 0 Å². The maximum absolute atomic E-state index is 12.9. The first kappa shape index (κ1) is 28.1. The molecule has 0 heterocycles. The second-order valence-corrected chi connectivity index (χ2v) is 14.3. The van der Waals surface area contributed by atoms with E-state index in [-0.39, 0.29) is 25.6 Å². The average Bonchev–Trinajstić information content (AvgIpc) is 2.55. The molecule has 27 heavy (non-hydrogen) atoms. The number of aliphatic hydroxyl groups is 1. The van der Waals surface area contributed by atoms with Crippen molar-refractivity contribution in [3.63, 3.8) is 0 Å². The highest BCUT2D eigenvalue weighted by atomic mass is 32.2. The molecule has 164 valence electrons. The van der Waals surface area contributed by atoms with Crippen molar-refractivity contribution < 1.29 is 42.3 Å². The van der Waals surface area contributed by atoms with E-state index in [9.17, 15) is 28.4 Å². The van der Waals surface area contributed by atoms with Crippen molar-refractivity contribution in [1.82, 2.24) is 0 Å². The van der Waals surface area contributed by atoms with E-state index in [1.54, 1.807) is 11.8 Å². The Bertz CT molecular complexity index is 543. The molecular formula is C13H31O9P3S2. The van der Waals surface area contributed by atoms with Gasteiger partial charge in [-0.1, -0.05) is 13.8 Å². The Morgan fingerprint density at radius 2 is 1.52 bits per heavy atom. The Hall–Kier alpha value is 1.15. The molecule has 0 aromatic carbocycles. The van der Waals surface area contributed by atoms with Crippen LogP contribution in [0.5, 0.6) is 0 Å². The predicted molar refractivity (Wildman–Crippen MR) is 112 cm³/mol. The second-order valence-electron chi connectivity index (χ2n) is 5.54. The number of hydrogen-bond donors (Lipinski definition) is 4. The molecule has 0 rings (SSSR count). The van der Waals surface area contributed by atoms with Crippen LogP contribution in [0, 0.1) is 0 Å². The summed E-state index contributed by atoms with van der Waals surface area (Å²) in [6, 6.07) is 0. The van der Waals surface area contributed by atoms with Crippen molar-refractivity contribution in [2.75, 3.05) is 41.9 Å². The van der Waals surface area contributed by atoms with Crippen molar-refractivity contribution in [3.05, 3.63) is 0 Å². The van der Waals surface area contributed by atoms with Crippen LogP contribution in [-0.2, 0) is 22.5 Å². The quantitative estimate of drug-likeness (QED) is 0.176. The van der Waals surface area contributed by atoms with Gasteiger partial charge in [0.1, 0.15) is 0 Å². The SMILES string of the molecule is CCSCCCP(=O)(O)OP(=O)(CCCO)OC(CCSCC)P(=O)(O)O.